The minimum atomic E-state index is -4.68. The van der Waals surface area contributed by atoms with Crippen molar-refractivity contribution in [2.24, 2.45) is 17.3 Å². The van der Waals surface area contributed by atoms with Crippen LogP contribution in [0.25, 0.3) is 11.0 Å². The van der Waals surface area contributed by atoms with Crippen LogP contribution in [0.4, 0.5) is 21.5 Å². The molecule has 2 atom stereocenters. The number of anilines is 2. The molecule has 2 aliphatic carbocycles. The van der Waals surface area contributed by atoms with Gasteiger partial charge < -0.3 is 24.7 Å². The second kappa shape index (κ2) is 17.5. The molecule has 348 valence electrons. The number of pyridine rings is 1. The molecular formula is C50H58FN7O7S. The molecule has 0 radical (unpaired) electrons. The number of hydrogen-bond donors (Lipinski definition) is 3. The summed E-state index contributed by atoms with van der Waals surface area (Å²) < 4.78 is 57.0. The summed E-state index contributed by atoms with van der Waals surface area (Å²) in [4.78, 5) is 37.4. The van der Waals surface area contributed by atoms with Gasteiger partial charge in [0.05, 0.1) is 33.0 Å². The number of carbonyl (C=O) groups is 1. The van der Waals surface area contributed by atoms with Crippen LogP contribution < -0.4 is 24.4 Å². The molecular weight excluding hydrogens is 862 g/mol. The summed E-state index contributed by atoms with van der Waals surface area (Å²) in [5.74, 6) is 0.0386. The predicted octanol–water partition coefficient (Wildman–Crippen LogP) is 10.2. The molecule has 14 nitrogen and oxygen atoms in total. The number of hydrogen-bond acceptors (Lipinski definition) is 11. The molecule has 16 heteroatoms. The number of nitrogens with one attached hydrogen (secondary N) is 3. The van der Waals surface area contributed by atoms with Gasteiger partial charge in [-0.1, -0.05) is 57.9 Å². The van der Waals surface area contributed by atoms with E-state index in [1.807, 2.05) is 0 Å². The number of halogens is 1. The number of nitro benzene ring substituents is 1. The highest BCUT2D eigenvalue weighted by Gasteiger charge is 2.50. The summed E-state index contributed by atoms with van der Waals surface area (Å²) in [6.45, 7) is 9.72. The Morgan fingerprint density at radius 3 is 2.56 bits per heavy atom. The van der Waals surface area contributed by atoms with Crippen molar-refractivity contribution in [2.45, 2.75) is 114 Å². The Balaban J connectivity index is 0.865. The molecule has 5 aliphatic rings. The van der Waals surface area contributed by atoms with E-state index in [0.29, 0.717) is 29.6 Å². The largest absolute Gasteiger partial charge is 0.489 e. The maximum atomic E-state index is 14.7. The van der Waals surface area contributed by atoms with Crippen LogP contribution in [-0.4, -0.2) is 72.4 Å². The number of piperidine rings is 1. The number of benzene rings is 3. The Bertz CT molecular complexity index is 2770. The number of fused-ring (bicyclic) bond motifs is 2. The monoisotopic (exact) mass is 919 g/mol. The number of nitro groups is 1. The zero-order chi connectivity index (χ0) is 45.9. The Hall–Kier alpha value is -5.74. The number of H-pyrrole nitrogens is 1. The molecule has 3 aromatic carbocycles. The normalized spacial score (nSPS) is 23.3. The molecule has 5 heterocycles. The second-order valence-corrected chi connectivity index (χ2v) is 21.5. The first-order valence-electron chi connectivity index (χ1n) is 23.6. The first-order chi connectivity index (χ1) is 31.7. The lowest BCUT2D eigenvalue weighted by Gasteiger charge is -2.56. The van der Waals surface area contributed by atoms with E-state index in [2.05, 4.69) is 74.8 Å². The van der Waals surface area contributed by atoms with Gasteiger partial charge in [0.2, 0.25) is 0 Å². The smallest absolute Gasteiger partial charge is 0.297 e. The number of aromatic amines is 1. The molecule has 4 fully saturated rings. The summed E-state index contributed by atoms with van der Waals surface area (Å²) >= 11 is 0. The van der Waals surface area contributed by atoms with Gasteiger partial charge in [-0.3, -0.25) is 19.8 Å². The molecule has 10 rings (SSSR count). The number of aromatic nitrogens is 2. The van der Waals surface area contributed by atoms with E-state index < -0.39 is 37.3 Å². The number of carbonyl (C=O) groups excluding carboxylic acids is 1. The maximum Gasteiger partial charge on any atom is 0.297 e. The van der Waals surface area contributed by atoms with Gasteiger partial charge in [-0.15, -0.1) is 0 Å². The molecule has 2 saturated carbocycles. The molecule has 0 unspecified atom stereocenters. The fraction of sp³-hybridized carbons (Fsp3) is 0.480. The van der Waals surface area contributed by atoms with Crippen molar-refractivity contribution in [3.05, 3.63) is 106 Å². The van der Waals surface area contributed by atoms with Gasteiger partial charge in [0.25, 0.3) is 21.6 Å². The average Bonchev–Trinajstić information content (AvgIpc) is 3.94. The van der Waals surface area contributed by atoms with E-state index >= 15 is 0 Å². The summed E-state index contributed by atoms with van der Waals surface area (Å²) in [5.41, 5.74) is 3.86. The fourth-order valence-electron chi connectivity index (χ4n) is 11.6. The van der Waals surface area contributed by atoms with Crippen LogP contribution in [0.3, 0.4) is 0 Å². The zero-order valence-electron chi connectivity index (χ0n) is 37.7. The van der Waals surface area contributed by atoms with E-state index in [-0.39, 0.29) is 57.9 Å². The topological polar surface area (TPSA) is 172 Å². The highest BCUT2D eigenvalue weighted by Crippen LogP contribution is 2.54. The first kappa shape index (κ1) is 44.1. The Labute approximate surface area is 384 Å². The predicted molar refractivity (Wildman–Crippen MR) is 250 cm³/mol. The van der Waals surface area contributed by atoms with Crippen molar-refractivity contribution in [1.82, 2.24) is 19.6 Å². The lowest BCUT2D eigenvalue weighted by atomic mass is 9.59. The number of nitrogens with zero attached hydrogens (tertiary/aromatic N) is 4. The summed E-state index contributed by atoms with van der Waals surface area (Å²) in [5, 5.41) is 15.9. The van der Waals surface area contributed by atoms with Crippen LogP contribution in [0.1, 0.15) is 118 Å². The van der Waals surface area contributed by atoms with Gasteiger partial charge in [-0.2, -0.15) is 0 Å². The molecule has 3 N–H and O–H groups in total. The van der Waals surface area contributed by atoms with Crippen LogP contribution >= 0.6 is 0 Å². The maximum absolute atomic E-state index is 14.7. The molecule has 0 bridgehead atoms. The van der Waals surface area contributed by atoms with Gasteiger partial charge >= 0.3 is 0 Å². The molecule has 3 aliphatic heterocycles. The third-order valence-corrected chi connectivity index (χ3v) is 16.6. The van der Waals surface area contributed by atoms with E-state index in [1.54, 1.807) is 12.1 Å². The number of amides is 1. The molecule has 5 aromatic rings. The Kier molecular flexibility index (Phi) is 11.7. The van der Waals surface area contributed by atoms with Crippen LogP contribution in [0.15, 0.2) is 78.0 Å². The lowest BCUT2D eigenvalue weighted by Crippen LogP contribution is -2.54. The van der Waals surface area contributed by atoms with Crippen LogP contribution in [-0.2, 0) is 10.0 Å². The number of likely N-dealkylation sites (tertiary alicyclic amines) is 1. The summed E-state index contributed by atoms with van der Waals surface area (Å²) in [6, 6.07) is 18.4. The number of rotatable bonds is 11. The minimum Gasteiger partial charge on any atom is -0.489 e. The van der Waals surface area contributed by atoms with Crippen molar-refractivity contribution in [1.29, 1.82) is 0 Å². The first-order valence-corrected chi connectivity index (χ1v) is 25.1. The van der Waals surface area contributed by atoms with Crippen molar-refractivity contribution in [3.63, 3.8) is 0 Å². The van der Waals surface area contributed by atoms with Crippen LogP contribution in [0.5, 0.6) is 17.2 Å². The molecule has 2 aromatic heterocycles. The van der Waals surface area contributed by atoms with Crippen molar-refractivity contribution < 1.29 is 32.0 Å². The quantitative estimate of drug-likeness (QED) is 0.0850. The average molecular weight is 920 g/mol. The van der Waals surface area contributed by atoms with Gasteiger partial charge in [-0.05, 0) is 110 Å². The SMILES string of the molecule is CC(C)c1ccccc1[C@@H]1CCCN1C1CC2(CCN(c3ccc(C(=O)NS(=O)(=O)c4cc5c(c([N+](=O)[O-])c4)N[C@H]([C@H]4CC[C@@H](C)CC4)CO5)c(Oc4cnc5[nH]cc(F)c5c4)c3)CC2)C1. The highest BCUT2D eigenvalue weighted by atomic mass is 32.2. The summed E-state index contributed by atoms with van der Waals surface area (Å²) in [6.07, 6.45) is 13.4. The van der Waals surface area contributed by atoms with Gasteiger partial charge in [0, 0.05) is 55.3 Å². The van der Waals surface area contributed by atoms with Crippen molar-refractivity contribution in [2.75, 3.05) is 36.5 Å². The van der Waals surface area contributed by atoms with E-state index in [4.69, 9.17) is 9.47 Å². The van der Waals surface area contributed by atoms with E-state index in [1.165, 1.54) is 67.4 Å². The van der Waals surface area contributed by atoms with E-state index in [9.17, 15) is 27.7 Å². The van der Waals surface area contributed by atoms with Gasteiger partial charge in [-0.25, -0.2) is 22.5 Å². The number of ether oxygens (including phenoxy) is 2. The zero-order valence-corrected chi connectivity index (χ0v) is 38.5. The molecule has 66 heavy (non-hydrogen) atoms. The van der Waals surface area contributed by atoms with Crippen LogP contribution in [0, 0.1) is 33.2 Å². The third-order valence-electron chi connectivity index (χ3n) is 15.3. The standard InChI is InChI=1S/C50H58FN7O7S/c1-30(2)37-7-4-5-8-38(37)43-9-6-18-57(43)34-25-50(26-34)16-19-56(20-17-50)33-14-15-39(45(21-33)65-35-22-40-41(51)28-53-48(40)52-27-35)49(59)55-66(62,63)36-23-44(58(60)61)47-46(24-36)64-29-42(54-47)32-12-10-31(3)11-13-32/h4-5,7-8,14-15,21-24,27-28,30-32,34,42-43,54H,6,9-13,16-20,25-26,29H2,1-3H3,(H,52,53)(H,55,59)/t31-,32+,42-,43-/m0/s1. The minimum absolute atomic E-state index is 0.0269. The van der Waals surface area contributed by atoms with Gasteiger partial charge in [0.1, 0.15) is 29.6 Å². The molecule has 1 amide bonds. The lowest BCUT2D eigenvalue weighted by molar-refractivity contribution is -0.384. The Morgan fingerprint density at radius 2 is 1.80 bits per heavy atom. The summed E-state index contributed by atoms with van der Waals surface area (Å²) in [7, 11) is -4.68. The number of sulfonamides is 1. The van der Waals surface area contributed by atoms with Crippen molar-refractivity contribution in [3.8, 4) is 17.2 Å². The molecule has 1 spiro atoms. The Morgan fingerprint density at radius 1 is 1.03 bits per heavy atom. The second-order valence-electron chi connectivity index (χ2n) is 19.8. The van der Waals surface area contributed by atoms with Crippen LogP contribution in [0.2, 0.25) is 0 Å². The third kappa shape index (κ3) is 8.46. The van der Waals surface area contributed by atoms with Crippen molar-refractivity contribution >= 4 is 44.0 Å². The fourth-order valence-corrected chi connectivity index (χ4v) is 12.6. The van der Waals surface area contributed by atoms with E-state index in [0.717, 1.165) is 69.9 Å². The highest BCUT2D eigenvalue weighted by molar-refractivity contribution is 7.90. The molecule has 2 saturated heterocycles. The van der Waals surface area contributed by atoms with Gasteiger partial charge in [0.15, 0.2) is 11.4 Å².